The van der Waals surface area contributed by atoms with Crippen LogP contribution in [0.2, 0.25) is 5.02 Å². The van der Waals surface area contributed by atoms with E-state index in [0.29, 0.717) is 28.8 Å². The maximum absolute atomic E-state index is 11.5. The first-order chi connectivity index (χ1) is 16.0. The average Bonchev–Trinajstić information content (AvgIpc) is 2.83. The van der Waals surface area contributed by atoms with E-state index in [9.17, 15) is 10.1 Å². The number of rotatable bonds is 8. The van der Waals surface area contributed by atoms with Gasteiger partial charge in [-0.25, -0.2) is 9.97 Å². The summed E-state index contributed by atoms with van der Waals surface area (Å²) in [6.07, 6.45) is 4.86. The molecule has 9 heteroatoms. The van der Waals surface area contributed by atoms with Gasteiger partial charge in [-0.1, -0.05) is 41.9 Å². The van der Waals surface area contributed by atoms with Gasteiger partial charge in [-0.2, -0.15) is 0 Å². The van der Waals surface area contributed by atoms with Crippen molar-refractivity contribution in [3.05, 3.63) is 105 Å². The fraction of sp³-hybridized carbons (Fsp3) is 0.125. The summed E-state index contributed by atoms with van der Waals surface area (Å²) < 4.78 is 5.78. The first-order valence-corrected chi connectivity index (χ1v) is 10.5. The highest BCUT2D eigenvalue weighted by atomic mass is 35.5. The summed E-state index contributed by atoms with van der Waals surface area (Å²) in [5, 5.41) is 15.1. The Morgan fingerprint density at radius 3 is 2.42 bits per heavy atom. The fourth-order valence-electron chi connectivity index (χ4n) is 3.08. The maximum Gasteiger partial charge on any atom is 0.292 e. The summed E-state index contributed by atoms with van der Waals surface area (Å²) in [6.45, 7) is 2.63. The zero-order valence-corrected chi connectivity index (χ0v) is 18.5. The van der Waals surface area contributed by atoms with Gasteiger partial charge in [0.15, 0.2) is 5.82 Å². The number of pyridine rings is 1. The van der Waals surface area contributed by atoms with Crippen molar-refractivity contribution in [2.24, 2.45) is 0 Å². The Bertz CT molecular complexity index is 1250. The molecule has 2 heterocycles. The summed E-state index contributed by atoms with van der Waals surface area (Å²) in [5.41, 5.74) is 3.98. The Kier molecular flexibility index (Phi) is 6.75. The molecule has 2 aromatic heterocycles. The second kappa shape index (κ2) is 10.1. The van der Waals surface area contributed by atoms with Crippen LogP contribution in [0.15, 0.2) is 73.2 Å². The van der Waals surface area contributed by atoms with E-state index in [0.717, 1.165) is 22.4 Å². The van der Waals surface area contributed by atoms with Gasteiger partial charge in [-0.15, -0.1) is 0 Å². The Hall–Kier alpha value is -4.04. The number of nitrogens with one attached hydrogen (secondary N) is 1. The number of aryl methyl sites for hydroxylation is 1. The van der Waals surface area contributed by atoms with Gasteiger partial charge in [0.2, 0.25) is 0 Å². The number of anilines is 1. The van der Waals surface area contributed by atoms with E-state index < -0.39 is 4.92 Å². The highest BCUT2D eigenvalue weighted by Crippen LogP contribution is 2.30. The van der Waals surface area contributed by atoms with Crippen molar-refractivity contribution in [3.8, 4) is 17.1 Å². The molecule has 0 aliphatic heterocycles. The molecule has 0 saturated heterocycles. The number of nitrogens with zero attached hydrogens (tertiary/aromatic N) is 4. The van der Waals surface area contributed by atoms with Crippen molar-refractivity contribution in [1.82, 2.24) is 15.0 Å². The third-order valence-electron chi connectivity index (χ3n) is 4.84. The molecule has 0 radical (unpaired) electrons. The van der Waals surface area contributed by atoms with E-state index in [1.54, 1.807) is 30.7 Å². The number of ether oxygens (including phenoxy) is 1. The van der Waals surface area contributed by atoms with Crippen LogP contribution in [0.5, 0.6) is 5.75 Å². The van der Waals surface area contributed by atoms with Crippen molar-refractivity contribution in [3.63, 3.8) is 0 Å². The second-order valence-electron chi connectivity index (χ2n) is 7.33. The number of halogens is 1. The Labute approximate surface area is 195 Å². The van der Waals surface area contributed by atoms with Crippen molar-refractivity contribution >= 4 is 23.0 Å². The minimum absolute atomic E-state index is 0.0259. The SMILES string of the molecule is Cc1ccc(COc2ccc([N+](=O)[O-])c(NCc3ccc(-c4ncc(Cl)cn4)cc3)c2)nc1. The Morgan fingerprint density at radius 1 is 1.00 bits per heavy atom. The van der Waals surface area contributed by atoms with Crippen LogP contribution in [0.25, 0.3) is 11.4 Å². The Balaban J connectivity index is 1.44. The molecule has 4 aromatic rings. The number of aromatic nitrogens is 3. The first-order valence-electron chi connectivity index (χ1n) is 10.1. The van der Waals surface area contributed by atoms with Gasteiger partial charge in [0.1, 0.15) is 18.0 Å². The largest absolute Gasteiger partial charge is 0.487 e. The third-order valence-corrected chi connectivity index (χ3v) is 5.03. The molecule has 0 aliphatic carbocycles. The smallest absolute Gasteiger partial charge is 0.292 e. The van der Waals surface area contributed by atoms with Gasteiger partial charge < -0.3 is 10.1 Å². The molecular weight excluding hydrogens is 442 g/mol. The molecule has 1 N–H and O–H groups in total. The van der Waals surface area contributed by atoms with Crippen LogP contribution in [-0.2, 0) is 13.2 Å². The number of hydrogen-bond donors (Lipinski definition) is 1. The molecule has 0 aliphatic rings. The number of hydrogen-bond acceptors (Lipinski definition) is 7. The van der Waals surface area contributed by atoms with E-state index in [1.807, 2.05) is 43.3 Å². The molecule has 0 saturated carbocycles. The molecular formula is C24H20ClN5O3. The molecule has 166 valence electrons. The minimum Gasteiger partial charge on any atom is -0.487 e. The zero-order valence-electron chi connectivity index (χ0n) is 17.7. The highest BCUT2D eigenvalue weighted by Gasteiger charge is 2.15. The van der Waals surface area contributed by atoms with E-state index in [-0.39, 0.29) is 12.3 Å². The van der Waals surface area contributed by atoms with E-state index in [2.05, 4.69) is 20.3 Å². The van der Waals surface area contributed by atoms with Crippen LogP contribution in [-0.4, -0.2) is 19.9 Å². The summed E-state index contributed by atoms with van der Waals surface area (Å²) in [6, 6.07) is 16.1. The van der Waals surface area contributed by atoms with E-state index in [4.69, 9.17) is 16.3 Å². The van der Waals surface area contributed by atoms with Crippen molar-refractivity contribution in [1.29, 1.82) is 0 Å². The molecule has 4 rings (SSSR count). The molecule has 0 atom stereocenters. The van der Waals surface area contributed by atoms with Crippen LogP contribution in [0.3, 0.4) is 0 Å². The molecule has 0 spiro atoms. The average molecular weight is 462 g/mol. The van der Waals surface area contributed by atoms with Crippen molar-refractivity contribution in [2.75, 3.05) is 5.32 Å². The van der Waals surface area contributed by atoms with Gasteiger partial charge in [0, 0.05) is 42.8 Å². The van der Waals surface area contributed by atoms with Crippen LogP contribution in [0.4, 0.5) is 11.4 Å². The molecule has 0 fully saturated rings. The molecule has 8 nitrogen and oxygen atoms in total. The quantitative estimate of drug-likeness (QED) is 0.269. The summed E-state index contributed by atoms with van der Waals surface area (Å²) in [7, 11) is 0. The predicted octanol–water partition coefficient (Wildman–Crippen LogP) is 5.60. The van der Waals surface area contributed by atoms with Crippen LogP contribution in [0, 0.1) is 17.0 Å². The lowest BCUT2D eigenvalue weighted by molar-refractivity contribution is -0.384. The predicted molar refractivity (Wildman–Crippen MR) is 126 cm³/mol. The zero-order chi connectivity index (χ0) is 23.2. The van der Waals surface area contributed by atoms with Crippen LogP contribution in [0.1, 0.15) is 16.8 Å². The van der Waals surface area contributed by atoms with Gasteiger partial charge in [0.25, 0.3) is 5.69 Å². The van der Waals surface area contributed by atoms with Gasteiger partial charge in [-0.3, -0.25) is 15.1 Å². The van der Waals surface area contributed by atoms with E-state index in [1.165, 1.54) is 6.07 Å². The van der Waals surface area contributed by atoms with Crippen molar-refractivity contribution < 1.29 is 9.66 Å². The summed E-state index contributed by atoms with van der Waals surface area (Å²) in [5.74, 6) is 1.09. The third kappa shape index (κ3) is 5.81. The monoisotopic (exact) mass is 461 g/mol. The summed E-state index contributed by atoms with van der Waals surface area (Å²) >= 11 is 5.83. The fourth-order valence-corrected chi connectivity index (χ4v) is 3.17. The molecule has 0 bridgehead atoms. The molecule has 0 amide bonds. The molecule has 0 unspecified atom stereocenters. The second-order valence-corrected chi connectivity index (χ2v) is 7.76. The molecule has 33 heavy (non-hydrogen) atoms. The highest BCUT2D eigenvalue weighted by molar-refractivity contribution is 6.30. The Morgan fingerprint density at radius 2 is 1.76 bits per heavy atom. The lowest BCUT2D eigenvalue weighted by atomic mass is 10.1. The number of nitro groups is 1. The minimum atomic E-state index is -0.422. The topological polar surface area (TPSA) is 103 Å². The standard InChI is InChI=1S/C24H20ClN5O3/c1-16-2-7-20(26-11-16)15-33-21-8-9-23(30(31)32)22(10-21)27-12-17-3-5-18(6-4-17)24-28-13-19(25)14-29-24/h2-11,13-14,27H,12,15H2,1H3. The normalized spacial score (nSPS) is 10.6. The first kappa shape index (κ1) is 22.2. The maximum atomic E-state index is 11.5. The van der Waals surface area contributed by atoms with E-state index >= 15 is 0 Å². The lowest BCUT2D eigenvalue weighted by Crippen LogP contribution is -2.04. The van der Waals surface area contributed by atoms with Crippen LogP contribution >= 0.6 is 11.6 Å². The summed E-state index contributed by atoms with van der Waals surface area (Å²) in [4.78, 5) is 23.8. The molecule has 2 aromatic carbocycles. The van der Waals surface area contributed by atoms with Gasteiger partial charge in [-0.05, 0) is 30.2 Å². The van der Waals surface area contributed by atoms with Crippen LogP contribution < -0.4 is 10.1 Å². The van der Waals surface area contributed by atoms with Crippen molar-refractivity contribution in [2.45, 2.75) is 20.1 Å². The number of nitro benzene ring substituents is 1. The van der Waals surface area contributed by atoms with Gasteiger partial charge in [0.05, 0.1) is 15.6 Å². The van der Waals surface area contributed by atoms with Gasteiger partial charge >= 0.3 is 0 Å². The number of benzene rings is 2. The lowest BCUT2D eigenvalue weighted by Gasteiger charge is -2.11.